The lowest BCUT2D eigenvalue weighted by Crippen LogP contribution is -2.03. The first-order valence-electron chi connectivity index (χ1n) is 7.83. The molecule has 0 saturated carbocycles. The first-order chi connectivity index (χ1) is 11.7. The molecule has 1 N–H and O–H groups in total. The van der Waals surface area contributed by atoms with Crippen LogP contribution in [0.3, 0.4) is 0 Å². The smallest absolute Gasteiger partial charge is 0.157 e. The summed E-state index contributed by atoms with van der Waals surface area (Å²) in [5.41, 5.74) is 4.90. The summed E-state index contributed by atoms with van der Waals surface area (Å²) < 4.78 is 3.84. The summed E-state index contributed by atoms with van der Waals surface area (Å²) in [7, 11) is 1.92. The van der Waals surface area contributed by atoms with E-state index in [4.69, 9.17) is 4.98 Å². The highest BCUT2D eigenvalue weighted by Crippen LogP contribution is 2.30. The van der Waals surface area contributed by atoms with E-state index in [1.54, 1.807) is 12.4 Å². The maximum atomic E-state index is 4.75. The number of nitrogens with one attached hydrogen (secondary N) is 1. The molecule has 4 aromatic rings. The van der Waals surface area contributed by atoms with Gasteiger partial charge >= 0.3 is 0 Å². The third kappa shape index (κ3) is 2.52. The topological polar surface area (TPSA) is 60.0 Å². The van der Waals surface area contributed by atoms with Gasteiger partial charge in [0.1, 0.15) is 11.5 Å². The summed E-state index contributed by atoms with van der Waals surface area (Å²) in [5, 5.41) is 7.96. The summed E-state index contributed by atoms with van der Waals surface area (Å²) in [6.45, 7) is 2.72. The molecule has 3 heterocycles. The highest BCUT2D eigenvalue weighted by atomic mass is 15.3. The van der Waals surface area contributed by atoms with Gasteiger partial charge in [-0.1, -0.05) is 30.3 Å². The molecule has 0 aliphatic heterocycles. The maximum Gasteiger partial charge on any atom is 0.157 e. The number of hydrogen-bond donors (Lipinski definition) is 1. The Bertz CT molecular complexity index is 983. The second kappa shape index (κ2) is 5.81. The van der Waals surface area contributed by atoms with Crippen molar-refractivity contribution >= 4 is 11.5 Å². The SMILES string of the molecule is Cc1nn(C)cc1-c1nc2cnccn2c1NCc1ccccc1. The molecule has 120 valence electrons. The quantitative estimate of drug-likeness (QED) is 0.628. The van der Waals surface area contributed by atoms with Crippen LogP contribution in [0.5, 0.6) is 0 Å². The minimum Gasteiger partial charge on any atom is -0.365 e. The van der Waals surface area contributed by atoms with Gasteiger partial charge in [0.15, 0.2) is 5.65 Å². The molecule has 4 rings (SSSR count). The van der Waals surface area contributed by atoms with E-state index >= 15 is 0 Å². The van der Waals surface area contributed by atoms with Gasteiger partial charge in [-0.25, -0.2) is 4.98 Å². The highest BCUT2D eigenvalue weighted by molar-refractivity contribution is 5.77. The van der Waals surface area contributed by atoms with Crippen molar-refractivity contribution in [1.29, 1.82) is 0 Å². The summed E-state index contributed by atoms with van der Waals surface area (Å²) in [6.07, 6.45) is 7.45. The van der Waals surface area contributed by atoms with Gasteiger partial charge in [0, 0.05) is 37.7 Å². The van der Waals surface area contributed by atoms with Gasteiger partial charge in [-0.15, -0.1) is 0 Å². The van der Waals surface area contributed by atoms with Gasteiger partial charge in [-0.05, 0) is 12.5 Å². The van der Waals surface area contributed by atoms with Crippen molar-refractivity contribution in [2.24, 2.45) is 7.05 Å². The molecule has 0 fully saturated rings. The summed E-state index contributed by atoms with van der Waals surface area (Å²) in [5.74, 6) is 0.951. The van der Waals surface area contributed by atoms with E-state index in [0.717, 1.165) is 35.0 Å². The van der Waals surface area contributed by atoms with Gasteiger partial charge in [-0.2, -0.15) is 5.10 Å². The average molecular weight is 318 g/mol. The van der Waals surface area contributed by atoms with E-state index < -0.39 is 0 Å². The van der Waals surface area contributed by atoms with E-state index in [1.807, 2.05) is 53.6 Å². The monoisotopic (exact) mass is 318 g/mol. The van der Waals surface area contributed by atoms with Crippen LogP contribution in [0.25, 0.3) is 16.9 Å². The standard InChI is InChI=1S/C18H18N6/c1-13-15(12-23(2)22-13)17-18(20-10-14-6-4-3-5-7-14)24-9-8-19-11-16(24)21-17/h3-9,11-12,20H,10H2,1-2H3. The highest BCUT2D eigenvalue weighted by Gasteiger charge is 2.17. The zero-order valence-corrected chi connectivity index (χ0v) is 13.6. The van der Waals surface area contributed by atoms with Gasteiger partial charge < -0.3 is 5.32 Å². The Labute approximate surface area is 139 Å². The molecule has 0 saturated heterocycles. The molecule has 0 bridgehead atoms. The first-order valence-corrected chi connectivity index (χ1v) is 7.83. The number of fused-ring (bicyclic) bond motifs is 1. The normalized spacial score (nSPS) is 11.1. The number of nitrogens with zero attached hydrogens (tertiary/aromatic N) is 5. The zero-order valence-electron chi connectivity index (χ0n) is 13.6. The lowest BCUT2D eigenvalue weighted by atomic mass is 10.2. The Kier molecular flexibility index (Phi) is 3.49. The summed E-state index contributed by atoms with van der Waals surface area (Å²) >= 11 is 0. The van der Waals surface area contributed by atoms with Crippen LogP contribution >= 0.6 is 0 Å². The predicted molar refractivity (Wildman–Crippen MR) is 93.7 cm³/mol. The molecule has 6 heteroatoms. The summed E-state index contributed by atoms with van der Waals surface area (Å²) in [4.78, 5) is 8.93. The molecule has 3 aromatic heterocycles. The van der Waals surface area contributed by atoms with Crippen LogP contribution in [0.15, 0.2) is 55.1 Å². The van der Waals surface area contributed by atoms with E-state index in [1.165, 1.54) is 5.56 Å². The van der Waals surface area contributed by atoms with Crippen LogP contribution in [0.4, 0.5) is 5.82 Å². The second-order valence-electron chi connectivity index (χ2n) is 5.75. The van der Waals surface area contributed by atoms with Crippen LogP contribution in [0.1, 0.15) is 11.3 Å². The Morgan fingerprint density at radius 3 is 2.75 bits per heavy atom. The van der Waals surface area contributed by atoms with Crippen molar-refractivity contribution in [1.82, 2.24) is 24.1 Å². The number of hydrogen-bond acceptors (Lipinski definition) is 4. The predicted octanol–water partition coefficient (Wildman–Crippen LogP) is 3.05. The third-order valence-electron chi connectivity index (χ3n) is 4.00. The van der Waals surface area contributed by atoms with Crippen molar-refractivity contribution in [3.05, 3.63) is 66.4 Å². The van der Waals surface area contributed by atoms with Gasteiger partial charge in [0.05, 0.1) is 11.9 Å². The molecular formula is C18H18N6. The Morgan fingerprint density at radius 1 is 1.17 bits per heavy atom. The number of anilines is 1. The molecule has 24 heavy (non-hydrogen) atoms. The second-order valence-corrected chi connectivity index (χ2v) is 5.75. The van der Waals surface area contributed by atoms with E-state index in [0.29, 0.717) is 0 Å². The van der Waals surface area contributed by atoms with Crippen molar-refractivity contribution in [2.45, 2.75) is 13.5 Å². The van der Waals surface area contributed by atoms with Crippen LogP contribution in [-0.4, -0.2) is 24.1 Å². The van der Waals surface area contributed by atoms with Crippen molar-refractivity contribution in [3.63, 3.8) is 0 Å². The van der Waals surface area contributed by atoms with Crippen molar-refractivity contribution in [2.75, 3.05) is 5.32 Å². The van der Waals surface area contributed by atoms with Crippen LogP contribution in [-0.2, 0) is 13.6 Å². The molecule has 0 unspecified atom stereocenters. The Balaban J connectivity index is 1.80. The molecule has 1 aromatic carbocycles. The summed E-state index contributed by atoms with van der Waals surface area (Å²) in [6, 6.07) is 10.3. The molecule has 0 spiro atoms. The third-order valence-corrected chi connectivity index (χ3v) is 4.00. The first kappa shape index (κ1) is 14.4. The van der Waals surface area contributed by atoms with Crippen molar-refractivity contribution < 1.29 is 0 Å². The number of aryl methyl sites for hydroxylation is 2. The van der Waals surface area contributed by atoms with Crippen LogP contribution < -0.4 is 5.32 Å². The van der Waals surface area contributed by atoms with E-state index in [9.17, 15) is 0 Å². The minimum absolute atomic E-state index is 0.725. The van der Waals surface area contributed by atoms with Crippen LogP contribution in [0.2, 0.25) is 0 Å². The Hall–Kier alpha value is -3.15. The zero-order chi connectivity index (χ0) is 16.5. The average Bonchev–Trinajstić information content (AvgIpc) is 3.13. The van der Waals surface area contributed by atoms with E-state index in [2.05, 4.69) is 27.5 Å². The Morgan fingerprint density at radius 2 is 2.00 bits per heavy atom. The molecule has 0 radical (unpaired) electrons. The molecule has 0 atom stereocenters. The van der Waals surface area contributed by atoms with Gasteiger partial charge in [0.2, 0.25) is 0 Å². The fraction of sp³-hybridized carbons (Fsp3) is 0.167. The number of rotatable bonds is 4. The molecule has 0 aliphatic carbocycles. The number of benzene rings is 1. The lowest BCUT2D eigenvalue weighted by Gasteiger charge is -2.08. The number of aromatic nitrogens is 5. The van der Waals surface area contributed by atoms with Crippen molar-refractivity contribution in [3.8, 4) is 11.3 Å². The van der Waals surface area contributed by atoms with Gasteiger partial charge in [0.25, 0.3) is 0 Å². The van der Waals surface area contributed by atoms with Crippen LogP contribution in [0, 0.1) is 6.92 Å². The number of imidazole rings is 1. The van der Waals surface area contributed by atoms with Gasteiger partial charge in [-0.3, -0.25) is 14.1 Å². The molecule has 0 aliphatic rings. The van der Waals surface area contributed by atoms with E-state index in [-0.39, 0.29) is 0 Å². The molecular weight excluding hydrogens is 300 g/mol. The minimum atomic E-state index is 0.725. The largest absolute Gasteiger partial charge is 0.365 e. The fourth-order valence-electron chi connectivity index (χ4n) is 2.88. The lowest BCUT2D eigenvalue weighted by molar-refractivity contribution is 0.756. The fourth-order valence-corrected chi connectivity index (χ4v) is 2.88. The molecule has 6 nitrogen and oxygen atoms in total. The molecule has 0 amide bonds. The maximum absolute atomic E-state index is 4.75.